The number of nitrogens with one attached hydrogen (secondary N) is 1. The fourth-order valence-corrected chi connectivity index (χ4v) is 3.18. The first kappa shape index (κ1) is 19.0. The second kappa shape index (κ2) is 9.84. The second-order valence-corrected chi connectivity index (χ2v) is 6.46. The minimum atomic E-state index is -0.0577. The highest BCUT2D eigenvalue weighted by molar-refractivity contribution is 5.80. The molecular formula is C17H32N4O3. The van der Waals surface area contributed by atoms with Crippen LogP contribution in [0.5, 0.6) is 0 Å². The summed E-state index contributed by atoms with van der Waals surface area (Å²) in [6.45, 7) is 10.3. The van der Waals surface area contributed by atoms with Gasteiger partial charge >= 0.3 is 5.97 Å². The molecule has 1 atom stereocenters. The summed E-state index contributed by atoms with van der Waals surface area (Å²) in [6, 6.07) is 0. The van der Waals surface area contributed by atoms with Crippen molar-refractivity contribution in [2.75, 3.05) is 59.5 Å². The summed E-state index contributed by atoms with van der Waals surface area (Å²) in [5.41, 5.74) is 0. The maximum Gasteiger partial charge on any atom is 0.309 e. The molecule has 2 aliphatic rings. The van der Waals surface area contributed by atoms with Crippen LogP contribution in [-0.2, 0) is 14.3 Å². The molecule has 7 nitrogen and oxygen atoms in total. The molecule has 1 unspecified atom stereocenters. The molecule has 0 amide bonds. The number of hydrogen-bond acceptors (Lipinski definition) is 5. The minimum absolute atomic E-state index is 0.0272. The predicted molar refractivity (Wildman–Crippen MR) is 94.1 cm³/mol. The largest absolute Gasteiger partial charge is 0.466 e. The molecule has 2 saturated heterocycles. The maximum atomic E-state index is 11.9. The third kappa shape index (κ3) is 5.63. The molecule has 2 rings (SSSR count). The highest BCUT2D eigenvalue weighted by atomic mass is 16.5. The van der Waals surface area contributed by atoms with Crippen molar-refractivity contribution in [1.29, 1.82) is 0 Å². The van der Waals surface area contributed by atoms with Gasteiger partial charge in [0.2, 0.25) is 0 Å². The van der Waals surface area contributed by atoms with Crippen molar-refractivity contribution in [3.05, 3.63) is 0 Å². The molecule has 0 radical (unpaired) electrons. The second-order valence-electron chi connectivity index (χ2n) is 6.46. The molecule has 0 saturated carbocycles. The van der Waals surface area contributed by atoms with Gasteiger partial charge < -0.3 is 24.6 Å². The van der Waals surface area contributed by atoms with Crippen molar-refractivity contribution in [1.82, 2.24) is 15.1 Å². The van der Waals surface area contributed by atoms with Crippen molar-refractivity contribution >= 4 is 11.9 Å². The van der Waals surface area contributed by atoms with E-state index < -0.39 is 0 Å². The lowest BCUT2D eigenvalue weighted by molar-refractivity contribution is -0.149. The summed E-state index contributed by atoms with van der Waals surface area (Å²) < 4.78 is 10.9. The van der Waals surface area contributed by atoms with E-state index in [1.165, 1.54) is 0 Å². The van der Waals surface area contributed by atoms with Crippen LogP contribution in [0, 0.1) is 5.92 Å². The zero-order chi connectivity index (χ0) is 17.4. The van der Waals surface area contributed by atoms with Gasteiger partial charge in [0.15, 0.2) is 5.96 Å². The van der Waals surface area contributed by atoms with Gasteiger partial charge in [-0.1, -0.05) is 0 Å². The van der Waals surface area contributed by atoms with Crippen molar-refractivity contribution in [3.63, 3.8) is 0 Å². The molecule has 0 aromatic rings. The zero-order valence-electron chi connectivity index (χ0n) is 15.3. The van der Waals surface area contributed by atoms with Gasteiger partial charge in [-0.2, -0.15) is 0 Å². The average molecular weight is 340 g/mol. The molecule has 24 heavy (non-hydrogen) atoms. The number of aliphatic imine (C=N–C) groups is 1. The molecule has 0 aromatic carbocycles. The Kier molecular flexibility index (Phi) is 7.78. The Morgan fingerprint density at radius 1 is 1.29 bits per heavy atom. The van der Waals surface area contributed by atoms with Crippen molar-refractivity contribution in [3.8, 4) is 0 Å². The van der Waals surface area contributed by atoms with E-state index >= 15 is 0 Å². The molecule has 138 valence electrons. The molecule has 1 N–H and O–H groups in total. The van der Waals surface area contributed by atoms with E-state index in [4.69, 9.17) is 14.5 Å². The van der Waals surface area contributed by atoms with E-state index in [0.717, 1.165) is 58.1 Å². The molecule has 0 spiro atoms. The standard InChI is InChI=1S/C17H32N4O3/c1-4-18-17(19-12-15-13-20(3)10-11-24-15)21-8-6-14(7-9-21)16(22)23-5-2/h14-15H,4-13H2,1-3H3,(H,18,19). The van der Waals surface area contributed by atoms with Crippen LogP contribution in [0.25, 0.3) is 0 Å². The fourth-order valence-electron chi connectivity index (χ4n) is 3.18. The van der Waals surface area contributed by atoms with Crippen LogP contribution in [0.2, 0.25) is 0 Å². The number of esters is 1. The monoisotopic (exact) mass is 340 g/mol. The summed E-state index contributed by atoms with van der Waals surface area (Å²) in [6.07, 6.45) is 1.81. The van der Waals surface area contributed by atoms with Crippen LogP contribution in [-0.4, -0.2) is 87.4 Å². The molecule has 0 aliphatic carbocycles. The topological polar surface area (TPSA) is 66.4 Å². The Labute approximate surface area is 145 Å². The lowest BCUT2D eigenvalue weighted by Crippen LogP contribution is -2.47. The van der Waals surface area contributed by atoms with Gasteiger partial charge in [0.25, 0.3) is 0 Å². The Balaban J connectivity index is 1.86. The zero-order valence-corrected chi connectivity index (χ0v) is 15.3. The Morgan fingerprint density at radius 3 is 2.67 bits per heavy atom. The van der Waals surface area contributed by atoms with Crippen LogP contribution in [0.3, 0.4) is 0 Å². The quantitative estimate of drug-likeness (QED) is 0.448. The third-order valence-electron chi connectivity index (χ3n) is 4.54. The van der Waals surface area contributed by atoms with Crippen molar-refractivity contribution in [2.24, 2.45) is 10.9 Å². The number of rotatable bonds is 5. The van der Waals surface area contributed by atoms with Gasteiger partial charge in [-0.05, 0) is 33.7 Å². The molecule has 2 aliphatic heterocycles. The van der Waals surface area contributed by atoms with Crippen LogP contribution in [0.1, 0.15) is 26.7 Å². The maximum absolute atomic E-state index is 11.9. The first-order chi connectivity index (χ1) is 11.6. The van der Waals surface area contributed by atoms with E-state index in [1.807, 2.05) is 6.92 Å². The Hall–Kier alpha value is -1.34. The normalized spacial score (nSPS) is 24.0. The molecule has 0 bridgehead atoms. The van der Waals surface area contributed by atoms with Gasteiger partial charge in [0.1, 0.15) is 0 Å². The van der Waals surface area contributed by atoms with Gasteiger partial charge in [-0.15, -0.1) is 0 Å². The van der Waals surface area contributed by atoms with E-state index in [9.17, 15) is 4.79 Å². The molecule has 7 heteroatoms. The van der Waals surface area contributed by atoms with Crippen LogP contribution in [0.15, 0.2) is 4.99 Å². The van der Waals surface area contributed by atoms with Crippen molar-refractivity contribution < 1.29 is 14.3 Å². The Bertz CT molecular complexity index is 422. The van der Waals surface area contributed by atoms with Gasteiger partial charge in [-0.25, -0.2) is 0 Å². The van der Waals surface area contributed by atoms with Crippen molar-refractivity contribution in [2.45, 2.75) is 32.8 Å². The van der Waals surface area contributed by atoms with Gasteiger partial charge in [0.05, 0.1) is 31.8 Å². The molecular weight excluding hydrogens is 308 g/mol. The SMILES string of the molecule is CCNC(=NCC1CN(C)CCO1)N1CCC(C(=O)OCC)CC1. The van der Waals surface area contributed by atoms with Crippen LogP contribution in [0.4, 0.5) is 0 Å². The number of guanidine groups is 1. The predicted octanol–water partition coefficient (Wildman–Crippen LogP) is 0.558. The number of carbonyl (C=O) groups is 1. The highest BCUT2D eigenvalue weighted by Gasteiger charge is 2.27. The minimum Gasteiger partial charge on any atom is -0.466 e. The first-order valence-electron chi connectivity index (χ1n) is 9.14. The number of nitrogens with zero attached hydrogens (tertiary/aromatic N) is 3. The fraction of sp³-hybridized carbons (Fsp3) is 0.882. The van der Waals surface area contributed by atoms with Gasteiger partial charge in [-0.3, -0.25) is 9.79 Å². The summed E-state index contributed by atoms with van der Waals surface area (Å²) in [7, 11) is 2.12. The molecule has 2 fully saturated rings. The highest BCUT2D eigenvalue weighted by Crippen LogP contribution is 2.19. The Morgan fingerprint density at radius 2 is 2.04 bits per heavy atom. The lowest BCUT2D eigenvalue weighted by Gasteiger charge is -2.34. The molecule has 2 heterocycles. The number of ether oxygens (including phenoxy) is 2. The lowest BCUT2D eigenvalue weighted by atomic mass is 9.97. The molecule has 0 aromatic heterocycles. The van der Waals surface area contributed by atoms with Crippen LogP contribution >= 0.6 is 0 Å². The van der Waals surface area contributed by atoms with E-state index in [2.05, 4.69) is 29.1 Å². The third-order valence-corrected chi connectivity index (χ3v) is 4.54. The summed E-state index contributed by atoms with van der Waals surface area (Å²) in [5, 5.41) is 3.36. The van der Waals surface area contributed by atoms with E-state index in [1.54, 1.807) is 0 Å². The summed E-state index contributed by atoms with van der Waals surface area (Å²) in [4.78, 5) is 21.1. The van der Waals surface area contributed by atoms with Crippen LogP contribution < -0.4 is 5.32 Å². The number of likely N-dealkylation sites (tertiary alicyclic amines) is 1. The average Bonchev–Trinajstić information content (AvgIpc) is 2.59. The summed E-state index contributed by atoms with van der Waals surface area (Å²) >= 11 is 0. The van der Waals surface area contributed by atoms with Gasteiger partial charge in [0, 0.05) is 32.7 Å². The number of hydrogen-bond donors (Lipinski definition) is 1. The number of morpholine rings is 1. The summed E-state index contributed by atoms with van der Waals surface area (Å²) in [5.74, 6) is 0.897. The first-order valence-corrected chi connectivity index (χ1v) is 9.14. The number of likely N-dealkylation sites (N-methyl/N-ethyl adjacent to an activating group) is 1. The number of piperidine rings is 1. The smallest absolute Gasteiger partial charge is 0.309 e. The number of carbonyl (C=O) groups excluding carboxylic acids is 1. The van der Waals surface area contributed by atoms with E-state index in [0.29, 0.717) is 13.2 Å². The van der Waals surface area contributed by atoms with E-state index in [-0.39, 0.29) is 18.0 Å².